The van der Waals surface area contributed by atoms with E-state index >= 15 is 0 Å². The van der Waals surface area contributed by atoms with Crippen LogP contribution in [-0.4, -0.2) is 23.6 Å². The van der Waals surface area contributed by atoms with E-state index in [1.807, 2.05) is 4.90 Å². The van der Waals surface area contributed by atoms with Gasteiger partial charge in [0.05, 0.1) is 11.1 Å². The van der Waals surface area contributed by atoms with Crippen molar-refractivity contribution in [3.05, 3.63) is 70.0 Å². The molecule has 2 aromatic carbocycles. The van der Waals surface area contributed by atoms with Gasteiger partial charge in [0.2, 0.25) is 5.43 Å². The van der Waals surface area contributed by atoms with Crippen LogP contribution in [0, 0.1) is 0 Å². The predicted octanol–water partition coefficient (Wildman–Crippen LogP) is 4.10. The lowest BCUT2D eigenvalue weighted by Gasteiger charge is -2.30. The number of alkyl halides is 3. The van der Waals surface area contributed by atoms with Crippen molar-refractivity contribution in [2.45, 2.75) is 25.4 Å². The lowest BCUT2D eigenvalue weighted by Crippen LogP contribution is -2.30. The van der Waals surface area contributed by atoms with Gasteiger partial charge in [0.1, 0.15) is 5.56 Å². The molecule has 1 aromatic heterocycles. The fourth-order valence-corrected chi connectivity index (χ4v) is 3.90. The number of carbonyl (C=O) groups is 1. The molecular formula is C22H20F3N3O2. The van der Waals surface area contributed by atoms with E-state index in [0.29, 0.717) is 24.3 Å². The lowest BCUT2D eigenvalue weighted by atomic mass is 10.1. The van der Waals surface area contributed by atoms with Gasteiger partial charge in [-0.05, 0) is 49.6 Å². The number of nitrogens with zero attached hydrogens (tertiary/aromatic N) is 2. The molecule has 0 spiro atoms. The van der Waals surface area contributed by atoms with E-state index in [4.69, 9.17) is 5.73 Å². The first-order valence-corrected chi connectivity index (χ1v) is 9.67. The van der Waals surface area contributed by atoms with Crippen LogP contribution in [0.4, 0.5) is 18.9 Å². The van der Waals surface area contributed by atoms with E-state index in [0.717, 1.165) is 31.4 Å². The molecule has 0 saturated carbocycles. The molecule has 30 heavy (non-hydrogen) atoms. The number of fused-ring (bicyclic) bond motifs is 1. The van der Waals surface area contributed by atoms with Crippen LogP contribution in [0.15, 0.2) is 53.5 Å². The maximum Gasteiger partial charge on any atom is 0.416 e. The molecule has 8 heteroatoms. The SMILES string of the molecule is NC(=O)c1cn(-c2cc(N3CCCCC3)cc(C(F)(F)F)c2)c2ccccc2c1=O. The highest BCUT2D eigenvalue weighted by Gasteiger charge is 2.32. The molecule has 0 aliphatic carbocycles. The smallest absolute Gasteiger partial charge is 0.371 e. The van der Waals surface area contributed by atoms with Gasteiger partial charge in [-0.1, -0.05) is 12.1 Å². The number of pyridine rings is 1. The summed E-state index contributed by atoms with van der Waals surface area (Å²) in [6, 6.07) is 10.3. The minimum absolute atomic E-state index is 0.212. The Morgan fingerprint density at radius 1 is 0.967 bits per heavy atom. The van der Waals surface area contributed by atoms with Gasteiger partial charge in [0.25, 0.3) is 5.91 Å². The number of anilines is 1. The highest BCUT2D eigenvalue weighted by Crippen LogP contribution is 2.35. The Morgan fingerprint density at radius 3 is 2.30 bits per heavy atom. The van der Waals surface area contributed by atoms with Crippen molar-refractivity contribution in [1.29, 1.82) is 0 Å². The van der Waals surface area contributed by atoms with E-state index in [2.05, 4.69) is 0 Å². The van der Waals surface area contributed by atoms with Crippen molar-refractivity contribution in [3.63, 3.8) is 0 Å². The van der Waals surface area contributed by atoms with Gasteiger partial charge >= 0.3 is 6.18 Å². The van der Waals surface area contributed by atoms with Crippen LogP contribution in [0.5, 0.6) is 0 Å². The van der Waals surface area contributed by atoms with Crippen molar-refractivity contribution in [2.24, 2.45) is 5.73 Å². The number of nitrogens with two attached hydrogens (primary N) is 1. The summed E-state index contributed by atoms with van der Waals surface area (Å²) in [6.07, 6.45) is -0.435. The second-order valence-electron chi connectivity index (χ2n) is 7.41. The Kier molecular flexibility index (Phi) is 5.01. The van der Waals surface area contributed by atoms with Gasteiger partial charge in [0, 0.05) is 36.0 Å². The summed E-state index contributed by atoms with van der Waals surface area (Å²) in [4.78, 5) is 26.3. The number of para-hydroxylation sites is 1. The number of hydrogen-bond donors (Lipinski definition) is 1. The van der Waals surface area contributed by atoms with E-state index in [1.54, 1.807) is 24.3 Å². The lowest BCUT2D eigenvalue weighted by molar-refractivity contribution is -0.137. The van der Waals surface area contributed by atoms with E-state index in [9.17, 15) is 22.8 Å². The van der Waals surface area contributed by atoms with Gasteiger partial charge < -0.3 is 15.2 Å². The van der Waals surface area contributed by atoms with E-state index in [-0.39, 0.29) is 16.6 Å². The fourth-order valence-electron chi connectivity index (χ4n) is 3.90. The molecule has 0 atom stereocenters. The average Bonchev–Trinajstić information content (AvgIpc) is 2.73. The van der Waals surface area contributed by atoms with Crippen molar-refractivity contribution in [1.82, 2.24) is 4.57 Å². The molecule has 5 nitrogen and oxygen atoms in total. The molecule has 156 valence electrons. The summed E-state index contributed by atoms with van der Waals surface area (Å²) in [6.45, 7) is 1.36. The third-order valence-electron chi connectivity index (χ3n) is 5.41. The molecule has 0 unspecified atom stereocenters. The minimum Gasteiger partial charge on any atom is -0.371 e. The zero-order valence-corrected chi connectivity index (χ0v) is 16.1. The van der Waals surface area contributed by atoms with Gasteiger partial charge in [-0.15, -0.1) is 0 Å². The Balaban J connectivity index is 2.00. The van der Waals surface area contributed by atoms with Crippen LogP contribution >= 0.6 is 0 Å². The summed E-state index contributed by atoms with van der Waals surface area (Å²) in [7, 11) is 0. The van der Waals surface area contributed by atoms with E-state index in [1.165, 1.54) is 16.8 Å². The molecule has 1 saturated heterocycles. The normalized spacial score (nSPS) is 14.8. The molecule has 4 rings (SSSR count). The van der Waals surface area contributed by atoms with Gasteiger partial charge in [-0.25, -0.2) is 0 Å². The van der Waals surface area contributed by atoms with Crippen LogP contribution < -0.4 is 16.1 Å². The molecule has 1 fully saturated rings. The first kappa shape index (κ1) is 20.0. The minimum atomic E-state index is -4.54. The number of amides is 1. The second-order valence-corrected chi connectivity index (χ2v) is 7.41. The number of piperidine rings is 1. The molecular weight excluding hydrogens is 395 g/mol. The number of hydrogen-bond acceptors (Lipinski definition) is 3. The van der Waals surface area contributed by atoms with Crippen molar-refractivity contribution in [2.75, 3.05) is 18.0 Å². The Labute approximate surface area is 170 Å². The summed E-state index contributed by atoms with van der Waals surface area (Å²) in [5.41, 5.74) is 4.83. The van der Waals surface area contributed by atoms with E-state index < -0.39 is 23.1 Å². The maximum atomic E-state index is 13.7. The fraction of sp³-hybridized carbons (Fsp3) is 0.273. The number of rotatable bonds is 3. The van der Waals surface area contributed by atoms with Crippen molar-refractivity contribution < 1.29 is 18.0 Å². The monoisotopic (exact) mass is 415 g/mol. The number of carbonyl (C=O) groups excluding carboxylic acids is 1. The maximum absolute atomic E-state index is 13.7. The number of benzene rings is 2. The molecule has 2 heterocycles. The number of primary amides is 1. The molecule has 1 amide bonds. The van der Waals surface area contributed by atoms with Crippen LogP contribution in [0.25, 0.3) is 16.6 Å². The molecule has 2 N–H and O–H groups in total. The zero-order chi connectivity index (χ0) is 21.5. The molecule has 3 aromatic rings. The third-order valence-corrected chi connectivity index (χ3v) is 5.41. The van der Waals surface area contributed by atoms with Crippen molar-refractivity contribution >= 4 is 22.5 Å². The van der Waals surface area contributed by atoms with Crippen LogP contribution in [0.2, 0.25) is 0 Å². The Hall–Kier alpha value is -3.29. The molecule has 0 bridgehead atoms. The molecule has 1 aliphatic heterocycles. The van der Waals surface area contributed by atoms with Gasteiger partial charge in [0.15, 0.2) is 0 Å². The number of halogens is 3. The van der Waals surface area contributed by atoms with Crippen molar-refractivity contribution in [3.8, 4) is 5.69 Å². The topological polar surface area (TPSA) is 68.3 Å². The van der Waals surface area contributed by atoms with Gasteiger partial charge in [-0.2, -0.15) is 13.2 Å². The zero-order valence-electron chi connectivity index (χ0n) is 16.1. The van der Waals surface area contributed by atoms with Crippen LogP contribution in [-0.2, 0) is 6.18 Å². The summed E-state index contributed by atoms with van der Waals surface area (Å²) >= 11 is 0. The summed E-state index contributed by atoms with van der Waals surface area (Å²) < 4.78 is 42.4. The molecule has 0 radical (unpaired) electrons. The highest BCUT2D eigenvalue weighted by atomic mass is 19.4. The number of aromatic nitrogens is 1. The Morgan fingerprint density at radius 2 is 1.63 bits per heavy atom. The summed E-state index contributed by atoms with van der Waals surface area (Å²) in [5, 5.41) is 0.214. The van der Waals surface area contributed by atoms with Crippen LogP contribution in [0.1, 0.15) is 35.2 Å². The quantitative estimate of drug-likeness (QED) is 0.700. The standard InChI is InChI=1S/C22H20F3N3O2/c23-22(24,25)14-10-15(27-8-4-1-5-9-27)12-16(11-14)28-13-18(21(26)30)20(29)17-6-2-3-7-19(17)28/h2-3,6-7,10-13H,1,4-5,8-9H2,(H2,26,30). The summed E-state index contributed by atoms with van der Waals surface area (Å²) in [5.74, 6) is -0.928. The average molecular weight is 415 g/mol. The van der Waals surface area contributed by atoms with Crippen LogP contribution in [0.3, 0.4) is 0 Å². The Bertz CT molecular complexity index is 1180. The van der Waals surface area contributed by atoms with Gasteiger partial charge in [-0.3, -0.25) is 9.59 Å². The predicted molar refractivity (Wildman–Crippen MR) is 109 cm³/mol. The first-order valence-electron chi connectivity index (χ1n) is 9.67. The second kappa shape index (κ2) is 7.51. The molecule has 1 aliphatic rings. The largest absolute Gasteiger partial charge is 0.416 e. The highest BCUT2D eigenvalue weighted by molar-refractivity contribution is 5.96. The third kappa shape index (κ3) is 3.65. The first-order chi connectivity index (χ1) is 14.3.